The molecule has 0 amide bonds. The van der Waals surface area contributed by atoms with Gasteiger partial charge in [0.05, 0.1) is 0 Å². The molecule has 1 atom stereocenters. The summed E-state index contributed by atoms with van der Waals surface area (Å²) < 4.78 is 1.21. The number of hydrogen-bond donors (Lipinski definition) is 1. The van der Waals surface area contributed by atoms with Gasteiger partial charge in [0.25, 0.3) is 0 Å². The zero-order valence-electron chi connectivity index (χ0n) is 9.11. The van der Waals surface area contributed by atoms with Crippen molar-refractivity contribution < 1.29 is 0 Å². The number of hydrogen-bond acceptors (Lipinski definition) is 3. The Morgan fingerprint density at radius 2 is 2.00 bits per heavy atom. The lowest BCUT2D eigenvalue weighted by Crippen LogP contribution is -2.44. The highest BCUT2D eigenvalue weighted by Crippen LogP contribution is 2.29. The molecule has 1 aromatic heterocycles. The maximum atomic E-state index is 3.50. The Hall–Kier alpha value is 0.680. The highest BCUT2D eigenvalue weighted by atomic mass is 79.9. The first-order valence-corrected chi connectivity index (χ1v) is 6.63. The van der Waals surface area contributed by atoms with E-state index >= 15 is 0 Å². The van der Waals surface area contributed by atoms with Gasteiger partial charge in [-0.15, -0.1) is 36.2 Å². The molecule has 0 radical (unpaired) electrons. The summed E-state index contributed by atoms with van der Waals surface area (Å²) in [6.07, 6.45) is 0. The Morgan fingerprint density at radius 1 is 1.38 bits per heavy atom. The highest BCUT2D eigenvalue weighted by Gasteiger charge is 2.18. The van der Waals surface area contributed by atoms with Crippen molar-refractivity contribution in [3.63, 3.8) is 0 Å². The van der Waals surface area contributed by atoms with Gasteiger partial charge in [-0.05, 0) is 28.9 Å². The minimum absolute atomic E-state index is 0. The van der Waals surface area contributed by atoms with Crippen molar-refractivity contribution in [3.05, 3.63) is 20.8 Å². The van der Waals surface area contributed by atoms with Crippen molar-refractivity contribution in [1.29, 1.82) is 0 Å². The van der Waals surface area contributed by atoms with E-state index in [1.165, 1.54) is 9.35 Å². The number of nitrogens with zero attached hydrogens (tertiary/aromatic N) is 1. The summed E-state index contributed by atoms with van der Waals surface area (Å²) >= 11 is 5.35. The summed E-state index contributed by atoms with van der Waals surface area (Å²) in [7, 11) is 0. The molecule has 94 valence electrons. The molecule has 1 aliphatic rings. The highest BCUT2D eigenvalue weighted by molar-refractivity contribution is 9.10. The molecular weight excluding hydrogens is 331 g/mol. The van der Waals surface area contributed by atoms with Crippen LogP contribution < -0.4 is 5.32 Å². The van der Waals surface area contributed by atoms with Gasteiger partial charge >= 0.3 is 0 Å². The zero-order chi connectivity index (χ0) is 9.97. The Labute approximate surface area is 122 Å². The third-order valence-electron chi connectivity index (χ3n) is 2.70. The molecule has 1 aromatic rings. The average molecular weight is 348 g/mol. The monoisotopic (exact) mass is 346 g/mol. The molecule has 1 fully saturated rings. The normalized spacial score (nSPS) is 18.4. The Balaban J connectivity index is 0.00000112. The van der Waals surface area contributed by atoms with Crippen LogP contribution in [0.5, 0.6) is 0 Å². The second-order valence-corrected chi connectivity index (χ2v) is 5.49. The molecule has 2 heterocycles. The number of rotatable bonds is 2. The summed E-state index contributed by atoms with van der Waals surface area (Å²) in [5.74, 6) is 0. The van der Waals surface area contributed by atoms with Crippen LogP contribution >= 0.6 is 52.1 Å². The maximum Gasteiger partial charge on any atom is 0.0414 e. The van der Waals surface area contributed by atoms with E-state index in [1.807, 2.05) is 11.3 Å². The first-order valence-electron chi connectivity index (χ1n) is 4.96. The molecule has 2 rings (SSSR count). The van der Waals surface area contributed by atoms with Gasteiger partial charge in [-0.25, -0.2) is 0 Å². The van der Waals surface area contributed by atoms with Crippen LogP contribution in [0.1, 0.15) is 17.8 Å². The second-order valence-electron chi connectivity index (χ2n) is 3.63. The van der Waals surface area contributed by atoms with E-state index in [1.54, 1.807) is 0 Å². The molecule has 0 bridgehead atoms. The van der Waals surface area contributed by atoms with Crippen LogP contribution in [0, 0.1) is 0 Å². The molecule has 2 nitrogen and oxygen atoms in total. The Bertz CT molecular complexity index is 303. The zero-order valence-corrected chi connectivity index (χ0v) is 13.1. The summed E-state index contributed by atoms with van der Waals surface area (Å²) in [4.78, 5) is 3.99. The van der Waals surface area contributed by atoms with E-state index in [2.05, 4.69) is 44.5 Å². The van der Waals surface area contributed by atoms with E-state index in [-0.39, 0.29) is 24.8 Å². The Kier molecular flexibility index (Phi) is 8.24. The van der Waals surface area contributed by atoms with E-state index in [9.17, 15) is 0 Å². The van der Waals surface area contributed by atoms with Crippen LogP contribution in [0.15, 0.2) is 15.9 Å². The van der Waals surface area contributed by atoms with Gasteiger partial charge in [-0.2, -0.15) is 0 Å². The van der Waals surface area contributed by atoms with Gasteiger partial charge in [0.1, 0.15) is 0 Å². The van der Waals surface area contributed by atoms with E-state index < -0.39 is 0 Å². The van der Waals surface area contributed by atoms with Crippen LogP contribution in [-0.4, -0.2) is 31.1 Å². The van der Waals surface area contributed by atoms with Gasteiger partial charge in [-0.3, -0.25) is 4.90 Å². The first kappa shape index (κ1) is 16.7. The van der Waals surface area contributed by atoms with Crippen molar-refractivity contribution in [2.75, 3.05) is 26.2 Å². The van der Waals surface area contributed by atoms with Crippen LogP contribution in [0.4, 0.5) is 0 Å². The molecule has 0 spiro atoms. The van der Waals surface area contributed by atoms with E-state index in [4.69, 9.17) is 0 Å². The third-order valence-corrected chi connectivity index (χ3v) is 4.56. The standard InChI is InChI=1S/C10H15BrN2S.2ClH/c1-8(10-6-9(11)7-14-10)13-4-2-12-3-5-13;;/h6-8,12H,2-5H2,1H3;2*1H/t8-;;/m1../s1. The van der Waals surface area contributed by atoms with Gasteiger partial charge in [0.2, 0.25) is 0 Å². The first-order chi connectivity index (χ1) is 6.77. The van der Waals surface area contributed by atoms with Gasteiger partial charge in [-0.1, -0.05) is 0 Å². The molecule has 0 saturated carbocycles. The minimum Gasteiger partial charge on any atom is -0.314 e. The average Bonchev–Trinajstić information content (AvgIpc) is 2.65. The van der Waals surface area contributed by atoms with Crippen LogP contribution in [0.3, 0.4) is 0 Å². The second kappa shape index (κ2) is 7.90. The van der Waals surface area contributed by atoms with Crippen LogP contribution in [0.2, 0.25) is 0 Å². The van der Waals surface area contributed by atoms with Crippen molar-refractivity contribution in [3.8, 4) is 0 Å². The predicted octanol–water partition coefficient (Wildman–Crippen LogP) is 3.32. The topological polar surface area (TPSA) is 15.3 Å². The maximum absolute atomic E-state index is 3.50. The molecule has 6 heteroatoms. The van der Waals surface area contributed by atoms with Crippen molar-refractivity contribution >= 4 is 52.1 Å². The molecular formula is C10H17BrCl2N2S. The summed E-state index contributed by atoms with van der Waals surface area (Å²) in [6.45, 7) is 6.87. The van der Waals surface area contributed by atoms with Gasteiger partial charge in [0, 0.05) is 47.0 Å². The Morgan fingerprint density at radius 3 is 2.50 bits per heavy atom. The SMILES string of the molecule is C[C@H](c1cc(Br)cs1)N1CCNCC1.Cl.Cl. The number of halogens is 3. The lowest BCUT2D eigenvalue weighted by molar-refractivity contribution is 0.188. The van der Waals surface area contributed by atoms with Crippen molar-refractivity contribution in [1.82, 2.24) is 10.2 Å². The van der Waals surface area contributed by atoms with E-state index in [0.29, 0.717) is 6.04 Å². The minimum atomic E-state index is 0. The predicted molar refractivity (Wildman–Crippen MR) is 79.4 cm³/mol. The lowest BCUT2D eigenvalue weighted by Gasteiger charge is -2.32. The summed E-state index contributed by atoms with van der Waals surface area (Å²) in [5, 5.41) is 5.54. The molecule has 1 N–H and O–H groups in total. The van der Waals surface area contributed by atoms with Crippen molar-refractivity contribution in [2.45, 2.75) is 13.0 Å². The smallest absolute Gasteiger partial charge is 0.0414 e. The number of nitrogens with one attached hydrogen (secondary N) is 1. The molecule has 0 aliphatic carbocycles. The lowest BCUT2D eigenvalue weighted by atomic mass is 10.2. The quantitative estimate of drug-likeness (QED) is 0.882. The molecule has 0 unspecified atom stereocenters. The molecule has 1 saturated heterocycles. The third kappa shape index (κ3) is 4.17. The van der Waals surface area contributed by atoms with E-state index in [0.717, 1.165) is 26.2 Å². The largest absolute Gasteiger partial charge is 0.314 e. The number of thiophene rings is 1. The van der Waals surface area contributed by atoms with Gasteiger partial charge < -0.3 is 5.32 Å². The summed E-state index contributed by atoms with van der Waals surface area (Å²) in [5.41, 5.74) is 0. The summed E-state index contributed by atoms with van der Waals surface area (Å²) in [6, 6.07) is 2.80. The molecule has 0 aromatic carbocycles. The molecule has 1 aliphatic heterocycles. The fourth-order valence-electron chi connectivity index (χ4n) is 1.80. The van der Waals surface area contributed by atoms with Crippen molar-refractivity contribution in [2.24, 2.45) is 0 Å². The molecule has 16 heavy (non-hydrogen) atoms. The van der Waals surface area contributed by atoms with Gasteiger partial charge in [0.15, 0.2) is 0 Å². The fraction of sp³-hybridized carbons (Fsp3) is 0.600. The van der Waals surface area contributed by atoms with Crippen LogP contribution in [-0.2, 0) is 0 Å². The fourth-order valence-corrected chi connectivity index (χ4v) is 3.33. The van der Waals surface area contributed by atoms with Crippen LogP contribution in [0.25, 0.3) is 0 Å². The number of piperazine rings is 1.